The molecule has 0 radical (unpaired) electrons. The van der Waals surface area contributed by atoms with Crippen molar-refractivity contribution in [2.24, 2.45) is 0 Å². The van der Waals surface area contributed by atoms with Crippen molar-refractivity contribution in [2.75, 3.05) is 0 Å². The van der Waals surface area contributed by atoms with E-state index in [1.165, 1.54) is 13.8 Å². The van der Waals surface area contributed by atoms with E-state index in [1.807, 2.05) is 5.32 Å². The van der Waals surface area contributed by atoms with Crippen molar-refractivity contribution in [2.45, 2.75) is 19.4 Å². The molecule has 92 valence electrons. The van der Waals surface area contributed by atoms with Gasteiger partial charge >= 0.3 is 5.97 Å². The summed E-state index contributed by atoms with van der Waals surface area (Å²) >= 11 is 0. The van der Waals surface area contributed by atoms with E-state index in [0.717, 1.165) is 18.2 Å². The number of carbonyl (C=O) groups excluding carboxylic acids is 1. The number of nitrogens with one attached hydrogen (secondary N) is 1. The molecule has 1 aromatic rings. The van der Waals surface area contributed by atoms with E-state index in [2.05, 4.69) is 0 Å². The van der Waals surface area contributed by atoms with Gasteiger partial charge in [-0.05, 0) is 26.0 Å². The van der Waals surface area contributed by atoms with Gasteiger partial charge in [-0.1, -0.05) is 6.07 Å². The SMILES string of the molecule is CC(C)(NC(=O)c1c(F)cccc1F)C(=O)O. The lowest BCUT2D eigenvalue weighted by molar-refractivity contribution is -0.143. The van der Waals surface area contributed by atoms with Crippen LogP contribution in [0.2, 0.25) is 0 Å². The zero-order valence-electron chi connectivity index (χ0n) is 9.25. The first-order valence-corrected chi connectivity index (χ1v) is 4.75. The highest BCUT2D eigenvalue weighted by atomic mass is 19.1. The molecule has 0 heterocycles. The average molecular weight is 243 g/mol. The molecule has 0 saturated heterocycles. The summed E-state index contributed by atoms with van der Waals surface area (Å²) in [5, 5.41) is 10.8. The predicted molar refractivity (Wildman–Crippen MR) is 55.5 cm³/mol. The summed E-state index contributed by atoms with van der Waals surface area (Å²) in [5.41, 5.74) is -2.40. The van der Waals surface area contributed by atoms with Crippen LogP contribution in [-0.2, 0) is 4.79 Å². The Morgan fingerprint density at radius 3 is 2.12 bits per heavy atom. The van der Waals surface area contributed by atoms with E-state index in [4.69, 9.17) is 5.11 Å². The fourth-order valence-corrected chi connectivity index (χ4v) is 1.11. The van der Waals surface area contributed by atoms with Crippen LogP contribution in [0, 0.1) is 11.6 Å². The van der Waals surface area contributed by atoms with Crippen LogP contribution in [0.3, 0.4) is 0 Å². The maximum Gasteiger partial charge on any atom is 0.328 e. The largest absolute Gasteiger partial charge is 0.480 e. The molecule has 0 atom stereocenters. The highest BCUT2D eigenvalue weighted by Crippen LogP contribution is 2.13. The monoisotopic (exact) mass is 243 g/mol. The quantitative estimate of drug-likeness (QED) is 0.846. The van der Waals surface area contributed by atoms with Gasteiger partial charge in [-0.25, -0.2) is 13.6 Å². The summed E-state index contributed by atoms with van der Waals surface area (Å²) in [6.07, 6.45) is 0. The minimum Gasteiger partial charge on any atom is -0.480 e. The number of benzene rings is 1. The fraction of sp³-hybridized carbons (Fsp3) is 0.273. The first-order chi connectivity index (χ1) is 7.75. The van der Waals surface area contributed by atoms with E-state index in [1.54, 1.807) is 0 Å². The van der Waals surface area contributed by atoms with Crippen molar-refractivity contribution in [1.82, 2.24) is 5.32 Å². The minimum atomic E-state index is -1.61. The van der Waals surface area contributed by atoms with Crippen LogP contribution in [0.4, 0.5) is 8.78 Å². The lowest BCUT2D eigenvalue weighted by Gasteiger charge is -2.21. The first kappa shape index (κ1) is 13.1. The van der Waals surface area contributed by atoms with Crippen molar-refractivity contribution < 1.29 is 23.5 Å². The molecule has 2 N–H and O–H groups in total. The summed E-state index contributed by atoms with van der Waals surface area (Å²) in [6, 6.07) is 2.96. The molecular weight excluding hydrogens is 232 g/mol. The Hall–Kier alpha value is -1.98. The molecule has 0 aromatic heterocycles. The topological polar surface area (TPSA) is 66.4 Å². The minimum absolute atomic E-state index is 0.790. The zero-order valence-corrected chi connectivity index (χ0v) is 9.25. The Morgan fingerprint density at radius 2 is 1.71 bits per heavy atom. The molecule has 0 bridgehead atoms. The Labute approximate surface area is 96.3 Å². The number of hydrogen-bond acceptors (Lipinski definition) is 2. The average Bonchev–Trinajstić information content (AvgIpc) is 2.15. The van der Waals surface area contributed by atoms with Gasteiger partial charge in [-0.3, -0.25) is 4.79 Å². The molecule has 0 aliphatic heterocycles. The summed E-state index contributed by atoms with van der Waals surface area (Å²) in [5.74, 6) is -4.48. The number of carboxylic acids is 1. The molecule has 6 heteroatoms. The summed E-state index contributed by atoms with van der Waals surface area (Å²) in [7, 11) is 0. The van der Waals surface area contributed by atoms with Gasteiger partial charge in [0, 0.05) is 0 Å². The number of carbonyl (C=O) groups is 2. The highest BCUT2D eigenvalue weighted by Gasteiger charge is 2.31. The van der Waals surface area contributed by atoms with Gasteiger partial charge in [0.1, 0.15) is 22.7 Å². The van der Waals surface area contributed by atoms with E-state index in [9.17, 15) is 18.4 Å². The normalized spacial score (nSPS) is 11.1. The third-order valence-electron chi connectivity index (χ3n) is 2.15. The molecule has 0 fully saturated rings. The van der Waals surface area contributed by atoms with E-state index >= 15 is 0 Å². The molecule has 4 nitrogen and oxygen atoms in total. The summed E-state index contributed by atoms with van der Waals surface area (Å²) in [4.78, 5) is 22.3. The van der Waals surface area contributed by atoms with Crippen LogP contribution >= 0.6 is 0 Å². The van der Waals surface area contributed by atoms with Gasteiger partial charge in [-0.15, -0.1) is 0 Å². The van der Waals surface area contributed by atoms with Crippen molar-refractivity contribution in [3.63, 3.8) is 0 Å². The van der Waals surface area contributed by atoms with Gasteiger partial charge in [0.25, 0.3) is 5.91 Å². The number of halogens is 2. The van der Waals surface area contributed by atoms with E-state index in [0.29, 0.717) is 0 Å². The lowest BCUT2D eigenvalue weighted by Crippen LogP contribution is -2.50. The van der Waals surface area contributed by atoms with E-state index < -0.39 is 34.6 Å². The molecule has 1 rings (SSSR count). The zero-order chi connectivity index (χ0) is 13.2. The second kappa shape index (κ2) is 4.48. The highest BCUT2D eigenvalue weighted by molar-refractivity contribution is 5.98. The second-order valence-corrected chi connectivity index (χ2v) is 3.98. The van der Waals surface area contributed by atoms with Crippen LogP contribution in [0.1, 0.15) is 24.2 Å². The predicted octanol–water partition coefficient (Wildman–Crippen LogP) is 1.56. The lowest BCUT2D eigenvalue weighted by atomic mass is 10.0. The van der Waals surface area contributed by atoms with E-state index in [-0.39, 0.29) is 0 Å². The molecule has 0 aliphatic rings. The molecule has 0 saturated carbocycles. The van der Waals surface area contributed by atoms with Crippen molar-refractivity contribution in [1.29, 1.82) is 0 Å². The third-order valence-corrected chi connectivity index (χ3v) is 2.15. The Bertz CT molecular complexity index is 452. The van der Waals surface area contributed by atoms with Gasteiger partial charge in [0.05, 0.1) is 0 Å². The summed E-state index contributed by atoms with van der Waals surface area (Å²) < 4.78 is 26.5. The number of carboxylic acid groups (broad SMARTS) is 1. The number of hydrogen-bond donors (Lipinski definition) is 2. The van der Waals surface area contributed by atoms with Crippen LogP contribution in [0.5, 0.6) is 0 Å². The Balaban J connectivity index is 3.03. The molecule has 1 aromatic carbocycles. The third kappa shape index (κ3) is 2.77. The van der Waals surface area contributed by atoms with Crippen LogP contribution in [0.25, 0.3) is 0 Å². The van der Waals surface area contributed by atoms with Crippen molar-refractivity contribution in [3.05, 3.63) is 35.4 Å². The molecule has 0 aliphatic carbocycles. The van der Waals surface area contributed by atoms with Gasteiger partial charge in [0.2, 0.25) is 0 Å². The first-order valence-electron chi connectivity index (χ1n) is 4.75. The van der Waals surface area contributed by atoms with Crippen molar-refractivity contribution >= 4 is 11.9 Å². The smallest absolute Gasteiger partial charge is 0.328 e. The summed E-state index contributed by atoms with van der Waals surface area (Å²) in [6.45, 7) is 2.43. The van der Waals surface area contributed by atoms with Gasteiger partial charge < -0.3 is 10.4 Å². The maximum absolute atomic E-state index is 13.2. The molecule has 17 heavy (non-hydrogen) atoms. The van der Waals surface area contributed by atoms with Crippen molar-refractivity contribution in [3.8, 4) is 0 Å². The van der Waals surface area contributed by atoms with Gasteiger partial charge in [-0.2, -0.15) is 0 Å². The maximum atomic E-state index is 13.2. The molecular formula is C11H11F2NO3. The van der Waals surface area contributed by atoms with Crippen LogP contribution in [-0.4, -0.2) is 22.5 Å². The number of rotatable bonds is 3. The van der Waals surface area contributed by atoms with Crippen LogP contribution < -0.4 is 5.32 Å². The Morgan fingerprint density at radius 1 is 1.24 bits per heavy atom. The Kier molecular flexibility index (Phi) is 3.45. The number of amides is 1. The second-order valence-electron chi connectivity index (χ2n) is 3.98. The molecule has 0 unspecified atom stereocenters. The number of aliphatic carboxylic acids is 1. The standard InChI is InChI=1S/C11H11F2NO3/c1-11(2,10(16)17)14-9(15)8-6(12)4-3-5-7(8)13/h3-5H,1-2H3,(H,14,15)(H,16,17). The molecule has 1 amide bonds. The fourth-order valence-electron chi connectivity index (χ4n) is 1.11. The van der Waals surface area contributed by atoms with Crippen LogP contribution in [0.15, 0.2) is 18.2 Å². The molecule has 0 spiro atoms. The van der Waals surface area contributed by atoms with Gasteiger partial charge in [0.15, 0.2) is 0 Å².